The van der Waals surface area contributed by atoms with Crippen molar-refractivity contribution < 1.29 is 4.74 Å². The summed E-state index contributed by atoms with van der Waals surface area (Å²) in [6.45, 7) is 3.96. The van der Waals surface area contributed by atoms with Crippen molar-refractivity contribution in [1.29, 1.82) is 0 Å². The second-order valence-corrected chi connectivity index (χ2v) is 6.31. The molecule has 0 spiro atoms. The molecule has 1 unspecified atom stereocenters. The van der Waals surface area contributed by atoms with Crippen LogP contribution in [0.4, 0.5) is 0 Å². The van der Waals surface area contributed by atoms with E-state index in [1.165, 1.54) is 24.0 Å². The lowest BCUT2D eigenvalue weighted by Gasteiger charge is -2.17. The molecule has 4 heteroatoms. The highest BCUT2D eigenvalue weighted by Crippen LogP contribution is 2.31. The number of rotatable bonds is 8. The third-order valence-corrected chi connectivity index (χ3v) is 3.80. The van der Waals surface area contributed by atoms with Crippen LogP contribution in [0, 0.1) is 5.92 Å². The molecule has 1 aromatic rings. The van der Waals surface area contributed by atoms with Gasteiger partial charge in [0.05, 0.1) is 6.61 Å². The van der Waals surface area contributed by atoms with Crippen LogP contribution in [-0.2, 0) is 13.0 Å². The van der Waals surface area contributed by atoms with Crippen molar-refractivity contribution in [3.05, 3.63) is 29.3 Å². The molecule has 2 N–H and O–H groups in total. The number of hydrogen-bond donors (Lipinski definition) is 1. The van der Waals surface area contributed by atoms with Gasteiger partial charge in [0.2, 0.25) is 0 Å². The van der Waals surface area contributed by atoms with E-state index in [9.17, 15) is 0 Å². The Kier molecular flexibility index (Phi) is 7.50. The molecule has 0 bridgehead atoms. The fraction of sp³-hybridized carbons (Fsp3) is 0.647. The summed E-state index contributed by atoms with van der Waals surface area (Å²) in [6.07, 6.45) is 4.54. The largest absolute Gasteiger partial charge is 0.493 e. The molecule has 1 atom stereocenters. The lowest BCUT2D eigenvalue weighted by atomic mass is 10.0. The van der Waals surface area contributed by atoms with Gasteiger partial charge in [0.1, 0.15) is 5.75 Å². The maximum absolute atomic E-state index is 6.13. The molecule has 0 amide bonds. The Balaban J connectivity index is 0.00000220. The molecule has 1 aliphatic carbocycles. The van der Waals surface area contributed by atoms with Gasteiger partial charge in [-0.2, -0.15) is 0 Å². The monoisotopic (exact) mass is 312 g/mol. The summed E-state index contributed by atoms with van der Waals surface area (Å²) in [7, 11) is 4.18. The van der Waals surface area contributed by atoms with Crippen molar-refractivity contribution in [2.45, 2.75) is 45.2 Å². The van der Waals surface area contributed by atoms with Crippen LogP contribution in [0.1, 0.15) is 37.3 Å². The van der Waals surface area contributed by atoms with E-state index in [1.807, 2.05) is 0 Å². The number of nitrogens with two attached hydrogens (primary N) is 1. The van der Waals surface area contributed by atoms with Crippen molar-refractivity contribution in [3.8, 4) is 5.75 Å². The van der Waals surface area contributed by atoms with Gasteiger partial charge in [-0.25, -0.2) is 0 Å². The Morgan fingerprint density at radius 2 is 2.05 bits per heavy atom. The molecule has 0 aliphatic heterocycles. The first-order chi connectivity index (χ1) is 9.58. The fourth-order valence-corrected chi connectivity index (χ4v) is 2.32. The molecule has 2 rings (SSSR count). The zero-order chi connectivity index (χ0) is 14.5. The lowest BCUT2D eigenvalue weighted by Crippen LogP contribution is -2.22. The number of benzene rings is 1. The van der Waals surface area contributed by atoms with E-state index >= 15 is 0 Å². The Morgan fingerprint density at radius 3 is 2.62 bits per heavy atom. The third-order valence-electron chi connectivity index (χ3n) is 3.80. The maximum Gasteiger partial charge on any atom is 0.122 e. The van der Waals surface area contributed by atoms with E-state index in [-0.39, 0.29) is 18.4 Å². The van der Waals surface area contributed by atoms with Crippen molar-refractivity contribution in [1.82, 2.24) is 4.90 Å². The van der Waals surface area contributed by atoms with E-state index in [1.54, 1.807) is 0 Å². The van der Waals surface area contributed by atoms with Gasteiger partial charge in [0.25, 0.3) is 0 Å². The van der Waals surface area contributed by atoms with Gasteiger partial charge in [0.15, 0.2) is 0 Å². The topological polar surface area (TPSA) is 38.5 Å². The Morgan fingerprint density at radius 1 is 1.33 bits per heavy atom. The molecule has 0 radical (unpaired) electrons. The van der Waals surface area contributed by atoms with Crippen LogP contribution in [0.5, 0.6) is 5.75 Å². The highest BCUT2D eigenvalue weighted by molar-refractivity contribution is 5.85. The van der Waals surface area contributed by atoms with E-state index < -0.39 is 0 Å². The Labute approximate surface area is 135 Å². The summed E-state index contributed by atoms with van der Waals surface area (Å²) >= 11 is 0. The molecule has 1 saturated carbocycles. The van der Waals surface area contributed by atoms with Crippen LogP contribution in [0.3, 0.4) is 0 Å². The van der Waals surface area contributed by atoms with Gasteiger partial charge < -0.3 is 15.4 Å². The predicted molar refractivity (Wildman–Crippen MR) is 91.3 cm³/mol. The van der Waals surface area contributed by atoms with Crippen LogP contribution in [-0.4, -0.2) is 31.6 Å². The quantitative estimate of drug-likeness (QED) is 0.801. The highest BCUT2D eigenvalue weighted by Gasteiger charge is 2.22. The number of hydrogen-bond acceptors (Lipinski definition) is 3. The molecule has 1 aliphatic rings. The molecule has 21 heavy (non-hydrogen) atoms. The van der Waals surface area contributed by atoms with Gasteiger partial charge >= 0.3 is 0 Å². The molecule has 1 aromatic carbocycles. The van der Waals surface area contributed by atoms with Crippen molar-refractivity contribution >= 4 is 12.4 Å². The zero-order valence-corrected chi connectivity index (χ0v) is 14.3. The van der Waals surface area contributed by atoms with Gasteiger partial charge in [-0.15, -0.1) is 12.4 Å². The zero-order valence-electron chi connectivity index (χ0n) is 13.5. The normalized spacial score (nSPS) is 15.7. The van der Waals surface area contributed by atoms with Crippen LogP contribution in [0.25, 0.3) is 0 Å². The SMILES string of the molecule is CCC(N)Cc1cc(CN(C)C)ccc1OCC1CC1.Cl. The number of nitrogens with zero attached hydrogens (tertiary/aromatic N) is 1. The van der Waals surface area contributed by atoms with Crippen molar-refractivity contribution in [3.63, 3.8) is 0 Å². The second-order valence-electron chi connectivity index (χ2n) is 6.31. The van der Waals surface area contributed by atoms with Gasteiger partial charge in [-0.05, 0) is 62.9 Å². The van der Waals surface area contributed by atoms with E-state index in [0.29, 0.717) is 0 Å². The third kappa shape index (κ3) is 6.25. The van der Waals surface area contributed by atoms with E-state index in [4.69, 9.17) is 10.5 Å². The highest BCUT2D eigenvalue weighted by atomic mass is 35.5. The minimum absolute atomic E-state index is 0. The number of ether oxygens (including phenoxy) is 1. The van der Waals surface area contributed by atoms with Crippen LogP contribution in [0.2, 0.25) is 0 Å². The first-order valence-corrected chi connectivity index (χ1v) is 7.73. The fourth-order valence-electron chi connectivity index (χ4n) is 2.32. The Hall–Kier alpha value is -0.770. The summed E-state index contributed by atoms with van der Waals surface area (Å²) in [6, 6.07) is 6.77. The summed E-state index contributed by atoms with van der Waals surface area (Å²) in [5, 5.41) is 0. The van der Waals surface area contributed by atoms with E-state index in [0.717, 1.165) is 37.7 Å². The van der Waals surface area contributed by atoms with E-state index in [2.05, 4.69) is 44.1 Å². The minimum Gasteiger partial charge on any atom is -0.493 e. The van der Waals surface area contributed by atoms with Crippen LogP contribution >= 0.6 is 12.4 Å². The van der Waals surface area contributed by atoms with Crippen molar-refractivity contribution in [2.24, 2.45) is 11.7 Å². The molecular formula is C17H29ClN2O. The van der Waals surface area contributed by atoms with Crippen LogP contribution in [0.15, 0.2) is 18.2 Å². The molecule has 3 nitrogen and oxygen atoms in total. The number of halogens is 1. The average molecular weight is 313 g/mol. The van der Waals surface area contributed by atoms with Gasteiger partial charge in [-0.1, -0.05) is 19.1 Å². The molecule has 0 aromatic heterocycles. The summed E-state index contributed by atoms with van der Waals surface area (Å²) in [5.41, 5.74) is 8.72. The predicted octanol–water partition coefficient (Wildman–Crippen LogP) is 3.24. The standard InChI is InChI=1S/C17H28N2O.ClH/c1-4-16(18)10-15-9-14(11-19(2)3)7-8-17(15)20-12-13-5-6-13;/h7-9,13,16H,4-6,10-12,18H2,1-3H3;1H. The first kappa shape index (κ1) is 18.3. The smallest absolute Gasteiger partial charge is 0.122 e. The summed E-state index contributed by atoms with van der Waals surface area (Å²) in [4.78, 5) is 2.18. The van der Waals surface area contributed by atoms with Gasteiger partial charge in [0, 0.05) is 12.6 Å². The molecule has 120 valence electrons. The Bertz CT molecular complexity index is 433. The maximum atomic E-state index is 6.13. The average Bonchev–Trinajstić information content (AvgIpc) is 3.21. The summed E-state index contributed by atoms with van der Waals surface area (Å²) in [5.74, 6) is 1.81. The van der Waals surface area contributed by atoms with Crippen LogP contribution < -0.4 is 10.5 Å². The lowest BCUT2D eigenvalue weighted by molar-refractivity contribution is 0.295. The first-order valence-electron chi connectivity index (χ1n) is 7.73. The van der Waals surface area contributed by atoms with Gasteiger partial charge in [-0.3, -0.25) is 0 Å². The summed E-state index contributed by atoms with van der Waals surface area (Å²) < 4.78 is 6.00. The minimum atomic E-state index is 0. The second kappa shape index (κ2) is 8.62. The van der Waals surface area contributed by atoms with Crippen molar-refractivity contribution in [2.75, 3.05) is 20.7 Å². The molecule has 1 fully saturated rings. The molecule has 0 saturated heterocycles. The molecular weight excluding hydrogens is 284 g/mol. The molecule has 0 heterocycles.